The second kappa shape index (κ2) is 6.58. The van der Waals surface area contributed by atoms with E-state index in [2.05, 4.69) is 10.3 Å². The van der Waals surface area contributed by atoms with E-state index in [4.69, 9.17) is 4.74 Å². The van der Waals surface area contributed by atoms with E-state index >= 15 is 0 Å². The molecule has 114 valence electrons. The van der Waals surface area contributed by atoms with E-state index in [1.165, 1.54) is 4.57 Å². The third kappa shape index (κ3) is 3.52. The summed E-state index contributed by atoms with van der Waals surface area (Å²) in [6.07, 6.45) is -2.32. The average Bonchev–Trinajstić information content (AvgIpc) is 2.78. The molecule has 1 aromatic rings. The molecular weight excluding hydrogens is 271 g/mol. The van der Waals surface area contributed by atoms with Gasteiger partial charge in [-0.3, -0.25) is 0 Å². The third-order valence-electron chi connectivity index (χ3n) is 3.26. The Labute approximate surface area is 116 Å². The summed E-state index contributed by atoms with van der Waals surface area (Å²) in [5, 5.41) is 3.05. The van der Waals surface area contributed by atoms with Crippen LogP contribution in [0.2, 0.25) is 0 Å². The molecule has 0 saturated heterocycles. The van der Waals surface area contributed by atoms with Gasteiger partial charge in [0.1, 0.15) is 0 Å². The Morgan fingerprint density at radius 1 is 1.35 bits per heavy atom. The van der Waals surface area contributed by atoms with Gasteiger partial charge in [0, 0.05) is 45.0 Å². The molecular formula is C13H20F3N3O. The molecule has 0 fully saturated rings. The molecule has 0 unspecified atom stereocenters. The summed E-state index contributed by atoms with van der Waals surface area (Å²) in [5.41, 5.74) is 1.24. The molecule has 2 heterocycles. The Morgan fingerprint density at radius 2 is 2.15 bits per heavy atom. The fraction of sp³-hybridized carbons (Fsp3) is 0.769. The lowest BCUT2D eigenvalue weighted by molar-refractivity contribution is -0.147. The van der Waals surface area contributed by atoms with E-state index in [0.29, 0.717) is 57.1 Å². The quantitative estimate of drug-likeness (QED) is 0.818. The number of alkyl halides is 3. The van der Waals surface area contributed by atoms with Crippen molar-refractivity contribution in [2.45, 2.75) is 45.5 Å². The first-order valence-corrected chi connectivity index (χ1v) is 6.98. The molecule has 4 nitrogen and oxygen atoms in total. The van der Waals surface area contributed by atoms with Crippen LogP contribution in [-0.2, 0) is 30.4 Å². The molecule has 7 heteroatoms. The monoisotopic (exact) mass is 291 g/mol. The minimum absolute atomic E-state index is 0.306. The van der Waals surface area contributed by atoms with Gasteiger partial charge >= 0.3 is 6.18 Å². The van der Waals surface area contributed by atoms with Crippen LogP contribution in [-0.4, -0.2) is 29.3 Å². The number of rotatable bonds is 6. The first kappa shape index (κ1) is 15.3. The highest BCUT2D eigenvalue weighted by Crippen LogP contribution is 2.31. The van der Waals surface area contributed by atoms with E-state index < -0.39 is 12.0 Å². The van der Waals surface area contributed by atoms with Crippen molar-refractivity contribution in [3.8, 4) is 0 Å². The minimum Gasteiger partial charge on any atom is -0.381 e. The van der Waals surface area contributed by atoms with Gasteiger partial charge in [0.15, 0.2) is 0 Å². The predicted molar refractivity (Wildman–Crippen MR) is 68.4 cm³/mol. The zero-order valence-corrected chi connectivity index (χ0v) is 11.6. The molecule has 2 rings (SSSR count). The van der Waals surface area contributed by atoms with Crippen LogP contribution in [0, 0.1) is 0 Å². The van der Waals surface area contributed by atoms with E-state index in [1.807, 2.05) is 6.92 Å². The maximum atomic E-state index is 13.0. The first-order chi connectivity index (χ1) is 9.54. The highest BCUT2D eigenvalue weighted by molar-refractivity contribution is 5.21. The Hall–Kier alpha value is -1.08. The van der Waals surface area contributed by atoms with E-state index in [1.54, 1.807) is 0 Å². The molecule has 0 bridgehead atoms. The molecule has 0 aliphatic carbocycles. The molecule has 0 aromatic carbocycles. The summed E-state index contributed by atoms with van der Waals surface area (Å²) in [6, 6.07) is 0. The number of hydrogen-bond donors (Lipinski definition) is 1. The molecule has 1 aliphatic heterocycles. The van der Waals surface area contributed by atoms with Gasteiger partial charge in [0.25, 0.3) is 0 Å². The van der Waals surface area contributed by atoms with Crippen LogP contribution < -0.4 is 5.32 Å². The zero-order chi connectivity index (χ0) is 14.6. The largest absolute Gasteiger partial charge is 0.449 e. The number of fused-ring (bicyclic) bond motifs is 1. The summed E-state index contributed by atoms with van der Waals surface area (Å²) >= 11 is 0. The number of halogens is 3. The van der Waals surface area contributed by atoms with Crippen LogP contribution in [0.15, 0.2) is 0 Å². The van der Waals surface area contributed by atoms with Gasteiger partial charge < -0.3 is 14.6 Å². The average molecular weight is 291 g/mol. The Bertz CT molecular complexity index is 443. The summed E-state index contributed by atoms with van der Waals surface area (Å²) in [6.45, 7) is 4.55. The van der Waals surface area contributed by atoms with Crippen LogP contribution in [0.4, 0.5) is 13.2 Å². The van der Waals surface area contributed by atoms with Gasteiger partial charge in [-0.1, -0.05) is 6.92 Å². The van der Waals surface area contributed by atoms with Crippen LogP contribution >= 0.6 is 0 Å². The van der Waals surface area contributed by atoms with Gasteiger partial charge in [0.05, 0.1) is 5.69 Å². The lowest BCUT2D eigenvalue weighted by Crippen LogP contribution is -2.25. The summed E-state index contributed by atoms with van der Waals surface area (Å²) < 4.78 is 45.7. The molecule has 1 aliphatic rings. The third-order valence-corrected chi connectivity index (χ3v) is 3.26. The van der Waals surface area contributed by atoms with E-state index in [9.17, 15) is 13.2 Å². The van der Waals surface area contributed by atoms with E-state index in [-0.39, 0.29) is 0 Å². The van der Waals surface area contributed by atoms with Crippen molar-refractivity contribution < 1.29 is 17.9 Å². The summed E-state index contributed by atoms with van der Waals surface area (Å²) in [7, 11) is 0. The van der Waals surface area contributed by atoms with Crippen molar-refractivity contribution in [2.75, 3.05) is 19.8 Å². The molecule has 1 N–H and O–H groups in total. The fourth-order valence-electron chi connectivity index (χ4n) is 2.40. The lowest BCUT2D eigenvalue weighted by atomic mass is 10.2. The van der Waals surface area contributed by atoms with Crippen LogP contribution in [0.5, 0.6) is 0 Å². The molecule has 1 aromatic heterocycles. The van der Waals surface area contributed by atoms with Gasteiger partial charge in [-0.05, 0) is 12.8 Å². The molecule has 0 atom stereocenters. The number of nitrogens with one attached hydrogen (secondary N) is 1. The van der Waals surface area contributed by atoms with Gasteiger partial charge in [0.2, 0.25) is 5.82 Å². The first-order valence-electron chi connectivity index (χ1n) is 6.98. The lowest BCUT2D eigenvalue weighted by Gasteiger charge is -2.16. The second-order valence-electron chi connectivity index (χ2n) is 4.87. The highest BCUT2D eigenvalue weighted by atomic mass is 19.4. The van der Waals surface area contributed by atoms with Crippen LogP contribution in [0.3, 0.4) is 0 Å². The van der Waals surface area contributed by atoms with Gasteiger partial charge in [-0.25, -0.2) is 4.98 Å². The summed E-state index contributed by atoms with van der Waals surface area (Å²) in [5.74, 6) is -0.776. The van der Waals surface area contributed by atoms with Crippen molar-refractivity contribution >= 4 is 0 Å². The van der Waals surface area contributed by atoms with Crippen LogP contribution in [0.25, 0.3) is 0 Å². The van der Waals surface area contributed by atoms with Crippen LogP contribution in [0.1, 0.15) is 37.0 Å². The van der Waals surface area contributed by atoms with Gasteiger partial charge in [-0.15, -0.1) is 0 Å². The molecule has 0 amide bonds. The predicted octanol–water partition coefficient (Wildman–Crippen LogP) is 2.36. The minimum atomic E-state index is -4.40. The highest BCUT2D eigenvalue weighted by Gasteiger charge is 2.38. The molecule has 0 spiro atoms. The normalized spacial score (nSPS) is 15.4. The van der Waals surface area contributed by atoms with Crippen molar-refractivity contribution in [1.29, 1.82) is 0 Å². The SMILES string of the molecule is CCCOCCCn1c(C(F)(F)F)nc2c1CCNC2. The van der Waals surface area contributed by atoms with Crippen molar-refractivity contribution in [3.63, 3.8) is 0 Å². The summed E-state index contributed by atoms with van der Waals surface area (Å²) in [4.78, 5) is 3.77. The standard InChI is InChI=1S/C13H20F3N3O/c1-2-7-20-8-3-6-19-11-4-5-17-9-10(11)18-12(19)13(14,15)16/h17H,2-9H2,1H3. The maximum Gasteiger partial charge on any atom is 0.449 e. The van der Waals surface area contributed by atoms with Gasteiger partial charge in [-0.2, -0.15) is 13.2 Å². The topological polar surface area (TPSA) is 39.1 Å². The second-order valence-corrected chi connectivity index (χ2v) is 4.87. The maximum absolute atomic E-state index is 13.0. The van der Waals surface area contributed by atoms with Crippen molar-refractivity contribution in [2.24, 2.45) is 0 Å². The smallest absolute Gasteiger partial charge is 0.381 e. The Balaban J connectivity index is 2.10. The Morgan fingerprint density at radius 3 is 2.85 bits per heavy atom. The zero-order valence-electron chi connectivity index (χ0n) is 11.6. The van der Waals surface area contributed by atoms with Crippen molar-refractivity contribution in [3.05, 3.63) is 17.2 Å². The number of nitrogens with zero attached hydrogens (tertiary/aromatic N) is 2. The number of hydrogen-bond acceptors (Lipinski definition) is 3. The number of imidazole rings is 1. The molecule has 0 saturated carbocycles. The van der Waals surface area contributed by atoms with Crippen molar-refractivity contribution in [1.82, 2.24) is 14.9 Å². The van der Waals surface area contributed by atoms with E-state index in [0.717, 1.165) is 6.42 Å². The fourth-order valence-corrected chi connectivity index (χ4v) is 2.40. The Kier molecular flexibility index (Phi) is 5.04. The number of ether oxygens (including phenoxy) is 1. The number of aromatic nitrogens is 2. The molecule has 20 heavy (non-hydrogen) atoms. The molecule has 0 radical (unpaired) electrons.